The van der Waals surface area contributed by atoms with E-state index < -0.39 is 0 Å². The van der Waals surface area contributed by atoms with Gasteiger partial charge in [0.1, 0.15) is 0 Å². The lowest BCUT2D eigenvalue weighted by molar-refractivity contribution is 0.771. The molecule has 0 N–H and O–H groups in total. The predicted octanol–water partition coefficient (Wildman–Crippen LogP) is 2.59. The third-order valence-electron chi connectivity index (χ3n) is 2.84. The number of aromatic nitrogens is 2. The number of halogens is 1. The van der Waals surface area contributed by atoms with Gasteiger partial charge in [-0.25, -0.2) is 9.97 Å². The second-order valence-corrected chi connectivity index (χ2v) is 4.69. The van der Waals surface area contributed by atoms with Crippen LogP contribution >= 0.6 is 11.6 Å². The van der Waals surface area contributed by atoms with Crippen LogP contribution in [0, 0.1) is 19.8 Å². The highest BCUT2D eigenvalue weighted by atomic mass is 35.5. The Balaban J connectivity index is 2.21. The molecule has 0 radical (unpaired) electrons. The zero-order valence-corrected chi connectivity index (χ0v) is 10.2. The number of anilines is 1. The van der Waals surface area contributed by atoms with Gasteiger partial charge in [-0.2, -0.15) is 0 Å². The van der Waals surface area contributed by atoms with Gasteiger partial charge in [-0.05, 0) is 32.6 Å². The highest BCUT2D eigenvalue weighted by molar-refractivity contribution is 6.31. The highest BCUT2D eigenvalue weighted by Crippen LogP contribution is 2.31. The largest absolute Gasteiger partial charge is 0.357 e. The average molecular weight is 226 g/mol. The van der Waals surface area contributed by atoms with E-state index in [1.54, 1.807) is 0 Å². The summed E-state index contributed by atoms with van der Waals surface area (Å²) in [6, 6.07) is 0. The first-order chi connectivity index (χ1) is 7.08. The molecule has 1 aromatic heterocycles. The number of hydrogen-bond donors (Lipinski definition) is 0. The van der Waals surface area contributed by atoms with Gasteiger partial charge in [0, 0.05) is 13.6 Å². The quantitative estimate of drug-likeness (QED) is 0.792. The molecule has 4 heteroatoms. The maximum atomic E-state index is 6.08. The van der Waals surface area contributed by atoms with Crippen LogP contribution in [0.4, 0.5) is 5.82 Å². The Bertz CT molecular complexity index is 374. The maximum absolute atomic E-state index is 6.08. The Morgan fingerprint density at radius 3 is 2.47 bits per heavy atom. The molecule has 1 aliphatic carbocycles. The molecule has 1 heterocycles. The van der Waals surface area contributed by atoms with Gasteiger partial charge in [0.15, 0.2) is 11.0 Å². The van der Waals surface area contributed by atoms with Crippen molar-refractivity contribution in [3.63, 3.8) is 0 Å². The van der Waals surface area contributed by atoms with Crippen molar-refractivity contribution in [3.05, 3.63) is 16.5 Å². The van der Waals surface area contributed by atoms with E-state index in [-0.39, 0.29) is 0 Å². The Morgan fingerprint density at radius 1 is 1.27 bits per heavy atom. The second-order valence-electron chi connectivity index (χ2n) is 4.33. The van der Waals surface area contributed by atoms with Crippen LogP contribution in [0.15, 0.2) is 0 Å². The lowest BCUT2D eigenvalue weighted by atomic mass is 10.3. The van der Waals surface area contributed by atoms with Gasteiger partial charge in [-0.15, -0.1) is 0 Å². The van der Waals surface area contributed by atoms with E-state index in [0.29, 0.717) is 5.15 Å². The lowest BCUT2D eigenvalue weighted by Gasteiger charge is -2.19. The summed E-state index contributed by atoms with van der Waals surface area (Å²) in [5, 5.41) is 0.515. The first-order valence-corrected chi connectivity index (χ1v) is 5.67. The van der Waals surface area contributed by atoms with Crippen molar-refractivity contribution in [2.75, 3.05) is 18.5 Å². The molecule has 1 aromatic rings. The molecule has 0 spiro atoms. The topological polar surface area (TPSA) is 29.0 Å². The van der Waals surface area contributed by atoms with Crippen molar-refractivity contribution in [1.82, 2.24) is 9.97 Å². The molecule has 0 bridgehead atoms. The molecule has 0 aromatic carbocycles. The zero-order valence-electron chi connectivity index (χ0n) is 9.42. The Morgan fingerprint density at radius 2 is 1.87 bits per heavy atom. The molecule has 2 rings (SSSR count). The molecule has 0 unspecified atom stereocenters. The van der Waals surface area contributed by atoms with Gasteiger partial charge in [-0.1, -0.05) is 11.6 Å². The van der Waals surface area contributed by atoms with Crippen LogP contribution in [0.1, 0.15) is 24.2 Å². The summed E-state index contributed by atoms with van der Waals surface area (Å²) >= 11 is 6.08. The normalized spacial score (nSPS) is 15.5. The Labute approximate surface area is 95.5 Å². The van der Waals surface area contributed by atoms with Crippen LogP contribution in [0.5, 0.6) is 0 Å². The minimum atomic E-state index is 0.515. The van der Waals surface area contributed by atoms with Crippen molar-refractivity contribution in [1.29, 1.82) is 0 Å². The Kier molecular flexibility index (Phi) is 2.83. The fraction of sp³-hybridized carbons (Fsp3) is 0.636. The monoisotopic (exact) mass is 225 g/mol. The molecule has 82 valence electrons. The van der Waals surface area contributed by atoms with Crippen LogP contribution in [0.3, 0.4) is 0 Å². The Hall–Kier alpha value is -0.830. The summed E-state index contributed by atoms with van der Waals surface area (Å²) in [6.07, 6.45) is 2.67. The molecule has 0 saturated heterocycles. The molecule has 3 nitrogen and oxygen atoms in total. The van der Waals surface area contributed by atoms with E-state index in [4.69, 9.17) is 11.6 Å². The fourth-order valence-corrected chi connectivity index (χ4v) is 1.89. The number of rotatable bonds is 3. The molecule has 15 heavy (non-hydrogen) atoms. The van der Waals surface area contributed by atoms with Crippen molar-refractivity contribution in [3.8, 4) is 0 Å². The summed E-state index contributed by atoms with van der Waals surface area (Å²) in [5.74, 6) is 1.64. The van der Waals surface area contributed by atoms with Gasteiger partial charge < -0.3 is 4.90 Å². The molecule has 0 aliphatic heterocycles. The molecular formula is C11H16ClN3. The SMILES string of the molecule is Cc1nc(Cl)c(N(C)CC2CC2)nc1C. The van der Waals surface area contributed by atoms with E-state index in [0.717, 1.165) is 29.7 Å². The van der Waals surface area contributed by atoms with E-state index in [2.05, 4.69) is 14.9 Å². The first kappa shape index (κ1) is 10.7. The van der Waals surface area contributed by atoms with Gasteiger partial charge in [0.05, 0.1) is 11.4 Å². The third kappa shape index (κ3) is 2.40. The first-order valence-electron chi connectivity index (χ1n) is 5.30. The van der Waals surface area contributed by atoms with Crippen LogP contribution in [-0.4, -0.2) is 23.6 Å². The number of aryl methyl sites for hydroxylation is 2. The summed E-state index contributed by atoms with van der Waals surface area (Å²) < 4.78 is 0. The molecule has 1 fully saturated rings. The van der Waals surface area contributed by atoms with E-state index >= 15 is 0 Å². The minimum Gasteiger partial charge on any atom is -0.357 e. The van der Waals surface area contributed by atoms with Crippen molar-refractivity contribution < 1.29 is 0 Å². The summed E-state index contributed by atoms with van der Waals surface area (Å²) in [4.78, 5) is 10.9. The van der Waals surface area contributed by atoms with E-state index in [1.807, 2.05) is 20.9 Å². The van der Waals surface area contributed by atoms with Crippen LogP contribution in [0.25, 0.3) is 0 Å². The summed E-state index contributed by atoms with van der Waals surface area (Å²) in [6.45, 7) is 4.93. The standard InChI is InChI=1S/C11H16ClN3/c1-7-8(2)14-11(10(12)13-7)15(3)6-9-4-5-9/h9H,4-6H2,1-3H3. The van der Waals surface area contributed by atoms with Gasteiger partial charge in [0.25, 0.3) is 0 Å². The van der Waals surface area contributed by atoms with Crippen molar-refractivity contribution in [2.24, 2.45) is 5.92 Å². The van der Waals surface area contributed by atoms with E-state index in [9.17, 15) is 0 Å². The third-order valence-corrected chi connectivity index (χ3v) is 3.09. The van der Waals surface area contributed by atoms with Crippen LogP contribution in [-0.2, 0) is 0 Å². The fourth-order valence-electron chi connectivity index (χ4n) is 1.58. The van der Waals surface area contributed by atoms with Crippen molar-refractivity contribution in [2.45, 2.75) is 26.7 Å². The molecular weight excluding hydrogens is 210 g/mol. The number of nitrogens with zero attached hydrogens (tertiary/aromatic N) is 3. The average Bonchev–Trinajstić information content (AvgIpc) is 2.95. The predicted molar refractivity (Wildman–Crippen MR) is 62.5 cm³/mol. The zero-order chi connectivity index (χ0) is 11.0. The lowest BCUT2D eigenvalue weighted by Crippen LogP contribution is -2.22. The molecule has 0 amide bonds. The molecule has 0 atom stereocenters. The van der Waals surface area contributed by atoms with Gasteiger partial charge >= 0.3 is 0 Å². The van der Waals surface area contributed by atoms with Crippen LogP contribution in [0.2, 0.25) is 5.15 Å². The number of hydrogen-bond acceptors (Lipinski definition) is 3. The van der Waals surface area contributed by atoms with Gasteiger partial charge in [0.2, 0.25) is 0 Å². The van der Waals surface area contributed by atoms with Crippen LogP contribution < -0.4 is 4.90 Å². The van der Waals surface area contributed by atoms with Crippen molar-refractivity contribution >= 4 is 17.4 Å². The molecule has 1 aliphatic rings. The smallest absolute Gasteiger partial charge is 0.171 e. The highest BCUT2D eigenvalue weighted by Gasteiger charge is 2.24. The minimum absolute atomic E-state index is 0.515. The summed E-state index contributed by atoms with van der Waals surface area (Å²) in [5.41, 5.74) is 1.86. The maximum Gasteiger partial charge on any atom is 0.171 e. The van der Waals surface area contributed by atoms with Gasteiger partial charge in [-0.3, -0.25) is 0 Å². The second kappa shape index (κ2) is 3.97. The molecule has 1 saturated carbocycles. The van der Waals surface area contributed by atoms with E-state index in [1.165, 1.54) is 12.8 Å². The summed E-state index contributed by atoms with van der Waals surface area (Å²) in [7, 11) is 2.03.